The van der Waals surface area contributed by atoms with Crippen molar-refractivity contribution < 1.29 is 9.53 Å². The van der Waals surface area contributed by atoms with E-state index in [1.165, 1.54) is 11.8 Å². The molecule has 1 atom stereocenters. The number of benzene rings is 2. The van der Waals surface area contributed by atoms with Crippen molar-refractivity contribution in [1.29, 1.82) is 0 Å². The minimum absolute atomic E-state index is 0.0288. The van der Waals surface area contributed by atoms with Crippen molar-refractivity contribution in [2.24, 2.45) is 4.99 Å². The largest absolute Gasteiger partial charge is 0.489 e. The molecule has 0 bridgehead atoms. The Morgan fingerprint density at radius 2 is 1.91 bits per heavy atom. The van der Waals surface area contributed by atoms with Crippen LogP contribution in [-0.2, 0) is 11.4 Å². The van der Waals surface area contributed by atoms with E-state index in [9.17, 15) is 4.79 Å². The molecule has 0 saturated carbocycles. The normalized spacial score (nSPS) is 19.0. The van der Waals surface area contributed by atoms with E-state index < -0.39 is 0 Å². The van der Waals surface area contributed by atoms with Gasteiger partial charge in [0.05, 0.1) is 0 Å². The van der Waals surface area contributed by atoms with Crippen LogP contribution in [0, 0.1) is 6.92 Å². The van der Waals surface area contributed by atoms with Crippen molar-refractivity contribution >= 4 is 22.8 Å². The van der Waals surface area contributed by atoms with E-state index in [-0.39, 0.29) is 11.2 Å². The summed E-state index contributed by atoms with van der Waals surface area (Å²) in [5, 5.41) is 3.18. The molecule has 0 aromatic heterocycles. The minimum atomic E-state index is -0.273. The maximum absolute atomic E-state index is 12.2. The number of aliphatic imine (C=N–C) groups is 1. The number of nitrogens with zero attached hydrogens (tertiary/aromatic N) is 1. The Bertz CT molecular complexity index is 758. The minimum Gasteiger partial charge on any atom is -0.489 e. The van der Waals surface area contributed by atoms with Crippen LogP contribution < -0.4 is 10.1 Å². The molecule has 2 aromatic rings. The Morgan fingerprint density at radius 1 is 1.17 bits per heavy atom. The molecule has 3 rings (SSSR count). The molecule has 5 heteroatoms. The first kappa shape index (κ1) is 15.6. The van der Waals surface area contributed by atoms with E-state index in [0.717, 1.165) is 22.4 Å². The van der Waals surface area contributed by atoms with Gasteiger partial charge in [-0.3, -0.25) is 9.79 Å². The first-order valence-electron chi connectivity index (χ1n) is 7.39. The molecule has 0 radical (unpaired) electrons. The van der Waals surface area contributed by atoms with E-state index in [2.05, 4.69) is 10.3 Å². The second kappa shape index (κ2) is 6.87. The van der Waals surface area contributed by atoms with Gasteiger partial charge in [-0.05, 0) is 29.7 Å². The van der Waals surface area contributed by atoms with Gasteiger partial charge in [0.2, 0.25) is 5.91 Å². The summed E-state index contributed by atoms with van der Waals surface area (Å²) in [6.07, 6.45) is 0. The second-order valence-corrected chi connectivity index (χ2v) is 6.36. The number of para-hydroxylation sites is 1. The molecule has 0 aliphatic carbocycles. The number of carbonyl (C=O) groups is 1. The van der Waals surface area contributed by atoms with Crippen molar-refractivity contribution in [3.8, 4) is 5.75 Å². The van der Waals surface area contributed by atoms with Gasteiger partial charge in [0.1, 0.15) is 17.6 Å². The summed E-state index contributed by atoms with van der Waals surface area (Å²) >= 11 is 1.44. The highest BCUT2D eigenvalue weighted by Crippen LogP contribution is 2.36. The molecule has 1 aliphatic rings. The first-order chi connectivity index (χ1) is 11.2. The second-order valence-electron chi connectivity index (χ2n) is 5.27. The highest BCUT2D eigenvalue weighted by molar-refractivity contribution is 8.15. The predicted molar refractivity (Wildman–Crippen MR) is 93.8 cm³/mol. The summed E-state index contributed by atoms with van der Waals surface area (Å²) in [5.74, 6) is 0.834. The van der Waals surface area contributed by atoms with E-state index in [4.69, 9.17) is 4.74 Å². The Balaban J connectivity index is 1.81. The third-order valence-electron chi connectivity index (χ3n) is 3.72. The predicted octanol–water partition coefficient (Wildman–Crippen LogP) is 3.46. The Hall–Kier alpha value is -2.27. The number of hydrogen-bond acceptors (Lipinski definition) is 4. The van der Waals surface area contributed by atoms with Crippen LogP contribution in [0.1, 0.15) is 21.9 Å². The lowest BCUT2D eigenvalue weighted by atomic mass is 10.0. The van der Waals surface area contributed by atoms with Crippen molar-refractivity contribution in [2.45, 2.75) is 18.8 Å². The molecule has 1 unspecified atom stereocenters. The molecule has 1 fully saturated rings. The molecule has 23 heavy (non-hydrogen) atoms. The molecular weight excluding hydrogens is 308 g/mol. The number of rotatable bonds is 4. The molecule has 4 nitrogen and oxygen atoms in total. The van der Waals surface area contributed by atoms with Crippen LogP contribution in [0.3, 0.4) is 0 Å². The number of aryl methyl sites for hydroxylation is 1. The number of ether oxygens (including phenoxy) is 1. The lowest BCUT2D eigenvalue weighted by Crippen LogP contribution is -2.22. The standard InChI is InChI=1S/C18H18N2O2S/c1-12-7-3-6-10-15(12)22-11-13-8-4-5-9-14(13)16-17(21)20-18(19-2)23-16/h3-10,16H,11H2,1-2H3,(H,19,20,21). The fraction of sp³-hybridized carbons (Fsp3) is 0.222. The zero-order chi connectivity index (χ0) is 16.2. The Kier molecular flexibility index (Phi) is 4.67. The summed E-state index contributed by atoms with van der Waals surface area (Å²) in [6, 6.07) is 15.8. The third kappa shape index (κ3) is 3.40. The van der Waals surface area contributed by atoms with Gasteiger partial charge >= 0.3 is 0 Å². The molecule has 1 aliphatic heterocycles. The zero-order valence-electron chi connectivity index (χ0n) is 13.1. The van der Waals surface area contributed by atoms with Crippen LogP contribution in [0.15, 0.2) is 53.5 Å². The van der Waals surface area contributed by atoms with Gasteiger partial charge in [0.25, 0.3) is 0 Å². The summed E-state index contributed by atoms with van der Waals surface area (Å²) < 4.78 is 5.94. The van der Waals surface area contributed by atoms with E-state index in [0.29, 0.717) is 11.8 Å². The Labute approximate surface area is 140 Å². The summed E-state index contributed by atoms with van der Waals surface area (Å²) in [5.41, 5.74) is 3.08. The van der Waals surface area contributed by atoms with Crippen LogP contribution in [0.25, 0.3) is 0 Å². The topological polar surface area (TPSA) is 50.7 Å². The highest BCUT2D eigenvalue weighted by Gasteiger charge is 2.32. The number of nitrogens with one attached hydrogen (secondary N) is 1. The van der Waals surface area contributed by atoms with E-state index in [1.54, 1.807) is 7.05 Å². The van der Waals surface area contributed by atoms with Crippen LogP contribution in [0.2, 0.25) is 0 Å². The zero-order valence-corrected chi connectivity index (χ0v) is 13.9. The monoisotopic (exact) mass is 326 g/mol. The SMILES string of the molecule is CN=C1NC(=O)C(c2ccccc2COc2ccccc2C)S1. The summed E-state index contributed by atoms with van der Waals surface area (Å²) in [6.45, 7) is 2.45. The number of thioether (sulfide) groups is 1. The van der Waals surface area contributed by atoms with Crippen molar-refractivity contribution in [3.63, 3.8) is 0 Å². The maximum Gasteiger partial charge on any atom is 0.244 e. The molecule has 1 N–H and O–H groups in total. The molecule has 1 amide bonds. The average molecular weight is 326 g/mol. The fourth-order valence-electron chi connectivity index (χ4n) is 2.47. The Morgan fingerprint density at radius 3 is 2.65 bits per heavy atom. The molecule has 1 saturated heterocycles. The lowest BCUT2D eigenvalue weighted by Gasteiger charge is -2.14. The molecule has 2 aromatic carbocycles. The number of hydrogen-bond donors (Lipinski definition) is 1. The van der Waals surface area contributed by atoms with Crippen molar-refractivity contribution in [3.05, 3.63) is 65.2 Å². The van der Waals surface area contributed by atoms with Crippen molar-refractivity contribution in [2.75, 3.05) is 7.05 Å². The molecule has 0 spiro atoms. The van der Waals surface area contributed by atoms with Gasteiger partial charge in [-0.25, -0.2) is 0 Å². The van der Waals surface area contributed by atoms with Gasteiger partial charge in [-0.1, -0.05) is 54.2 Å². The van der Waals surface area contributed by atoms with Gasteiger partial charge in [0, 0.05) is 7.05 Å². The van der Waals surface area contributed by atoms with Crippen molar-refractivity contribution in [1.82, 2.24) is 5.32 Å². The van der Waals surface area contributed by atoms with E-state index >= 15 is 0 Å². The lowest BCUT2D eigenvalue weighted by molar-refractivity contribution is -0.118. The summed E-state index contributed by atoms with van der Waals surface area (Å²) in [4.78, 5) is 16.2. The number of carbonyl (C=O) groups excluding carboxylic acids is 1. The van der Waals surface area contributed by atoms with Crippen LogP contribution in [0.5, 0.6) is 5.75 Å². The van der Waals surface area contributed by atoms with Crippen LogP contribution in [0.4, 0.5) is 0 Å². The summed E-state index contributed by atoms with van der Waals surface area (Å²) in [7, 11) is 1.68. The third-order valence-corrected chi connectivity index (χ3v) is 4.93. The quantitative estimate of drug-likeness (QED) is 0.936. The van der Waals surface area contributed by atoms with Crippen LogP contribution in [-0.4, -0.2) is 18.1 Å². The van der Waals surface area contributed by atoms with Crippen LogP contribution >= 0.6 is 11.8 Å². The molecule has 118 valence electrons. The van der Waals surface area contributed by atoms with Gasteiger partial charge in [-0.15, -0.1) is 0 Å². The number of amidine groups is 1. The van der Waals surface area contributed by atoms with Gasteiger partial charge in [-0.2, -0.15) is 0 Å². The highest BCUT2D eigenvalue weighted by atomic mass is 32.2. The molecular formula is C18H18N2O2S. The van der Waals surface area contributed by atoms with E-state index in [1.807, 2.05) is 55.5 Å². The van der Waals surface area contributed by atoms with Gasteiger partial charge < -0.3 is 10.1 Å². The fourth-order valence-corrected chi connectivity index (χ4v) is 3.49. The molecule has 1 heterocycles. The average Bonchev–Trinajstić information content (AvgIpc) is 2.95. The van der Waals surface area contributed by atoms with Gasteiger partial charge in [0.15, 0.2) is 5.17 Å². The maximum atomic E-state index is 12.2. The smallest absolute Gasteiger partial charge is 0.244 e. The number of amides is 1. The first-order valence-corrected chi connectivity index (χ1v) is 8.27.